The highest BCUT2D eigenvalue weighted by Gasteiger charge is 2.12. The second-order valence-corrected chi connectivity index (χ2v) is 5.97. The van der Waals surface area contributed by atoms with Gasteiger partial charge in [-0.2, -0.15) is 0 Å². The molecule has 0 aliphatic heterocycles. The zero-order chi connectivity index (χ0) is 18.2. The van der Waals surface area contributed by atoms with Crippen molar-refractivity contribution in [2.45, 2.75) is 13.3 Å². The van der Waals surface area contributed by atoms with Crippen LogP contribution in [-0.4, -0.2) is 24.0 Å². The summed E-state index contributed by atoms with van der Waals surface area (Å²) in [5.41, 5.74) is 2.89. The molecule has 0 fully saturated rings. The molecule has 0 radical (unpaired) electrons. The van der Waals surface area contributed by atoms with E-state index in [1.807, 2.05) is 54.6 Å². The first-order chi connectivity index (χ1) is 12.8. The zero-order valence-corrected chi connectivity index (χ0v) is 14.9. The van der Waals surface area contributed by atoms with E-state index < -0.39 is 0 Å². The first-order valence-electron chi connectivity index (χ1n) is 8.88. The van der Waals surface area contributed by atoms with E-state index in [9.17, 15) is 4.79 Å². The van der Waals surface area contributed by atoms with Gasteiger partial charge in [0.1, 0.15) is 5.82 Å². The van der Waals surface area contributed by atoms with Gasteiger partial charge in [0.25, 0.3) is 5.91 Å². The number of carbonyl (C=O) groups excluding carboxylic acids is 1. The molecule has 0 unspecified atom stereocenters. The Morgan fingerprint density at radius 3 is 2.38 bits per heavy atom. The van der Waals surface area contributed by atoms with Crippen molar-refractivity contribution in [3.8, 4) is 0 Å². The summed E-state index contributed by atoms with van der Waals surface area (Å²) in [7, 11) is 0. The summed E-state index contributed by atoms with van der Waals surface area (Å²) in [6.45, 7) is 3.45. The molecule has 1 N–H and O–H groups in total. The maximum atomic E-state index is 12.5. The summed E-state index contributed by atoms with van der Waals surface area (Å²) >= 11 is 0. The largest absolute Gasteiger partial charge is 0.352 e. The number of amides is 1. The van der Waals surface area contributed by atoms with Crippen molar-refractivity contribution < 1.29 is 4.79 Å². The van der Waals surface area contributed by atoms with E-state index >= 15 is 0 Å². The van der Waals surface area contributed by atoms with Gasteiger partial charge in [-0.1, -0.05) is 48.5 Å². The van der Waals surface area contributed by atoms with Gasteiger partial charge in [-0.05, 0) is 43.2 Å². The van der Waals surface area contributed by atoms with E-state index in [0.29, 0.717) is 12.1 Å². The average molecular weight is 345 g/mol. The van der Waals surface area contributed by atoms with Crippen molar-refractivity contribution in [1.29, 1.82) is 0 Å². The van der Waals surface area contributed by atoms with Crippen molar-refractivity contribution in [3.63, 3.8) is 0 Å². The Morgan fingerprint density at radius 2 is 1.69 bits per heavy atom. The Labute approximate surface area is 154 Å². The molecule has 3 rings (SSSR count). The Hall–Kier alpha value is -3.14. The van der Waals surface area contributed by atoms with Gasteiger partial charge in [-0.25, -0.2) is 4.98 Å². The van der Waals surface area contributed by atoms with E-state index in [1.165, 1.54) is 5.56 Å². The number of nitrogens with zero attached hydrogens (tertiary/aromatic N) is 2. The molecule has 1 aromatic heterocycles. The Balaban J connectivity index is 1.67. The lowest BCUT2D eigenvalue weighted by atomic mass is 10.1. The standard InChI is InChI=1S/C22H23N3O/c1-2-25(20-11-7-4-8-12-20)21-17-19(14-16-23-21)22(26)24-15-13-18-9-5-3-6-10-18/h3-12,14,16-17H,2,13,15H2,1H3,(H,24,26). The number of para-hydroxylation sites is 1. The molecule has 26 heavy (non-hydrogen) atoms. The minimum atomic E-state index is -0.0753. The van der Waals surface area contributed by atoms with E-state index in [0.717, 1.165) is 24.5 Å². The fourth-order valence-corrected chi connectivity index (χ4v) is 2.86. The maximum absolute atomic E-state index is 12.5. The summed E-state index contributed by atoms with van der Waals surface area (Å²) in [5.74, 6) is 0.697. The molecule has 4 nitrogen and oxygen atoms in total. The monoisotopic (exact) mass is 345 g/mol. The van der Waals surface area contributed by atoms with Crippen LogP contribution in [0.5, 0.6) is 0 Å². The normalized spacial score (nSPS) is 10.3. The summed E-state index contributed by atoms with van der Waals surface area (Å²) < 4.78 is 0. The zero-order valence-electron chi connectivity index (χ0n) is 14.9. The molecular weight excluding hydrogens is 322 g/mol. The third kappa shape index (κ3) is 4.48. The number of anilines is 2. The topological polar surface area (TPSA) is 45.2 Å². The number of hydrogen-bond donors (Lipinski definition) is 1. The molecule has 0 saturated carbocycles. The van der Waals surface area contributed by atoms with E-state index in [1.54, 1.807) is 12.3 Å². The van der Waals surface area contributed by atoms with Crippen LogP contribution in [0.3, 0.4) is 0 Å². The highest BCUT2D eigenvalue weighted by Crippen LogP contribution is 2.23. The molecule has 4 heteroatoms. The number of rotatable bonds is 7. The third-order valence-corrected chi connectivity index (χ3v) is 4.21. The quantitative estimate of drug-likeness (QED) is 0.697. The molecule has 1 amide bonds. The van der Waals surface area contributed by atoms with Crippen molar-refractivity contribution in [2.75, 3.05) is 18.0 Å². The van der Waals surface area contributed by atoms with Gasteiger partial charge in [-0.3, -0.25) is 4.79 Å². The molecule has 0 bridgehead atoms. The lowest BCUT2D eigenvalue weighted by Crippen LogP contribution is -2.26. The first kappa shape index (κ1) is 17.7. The molecule has 0 spiro atoms. The van der Waals surface area contributed by atoms with Crippen LogP contribution < -0.4 is 10.2 Å². The Kier molecular flexibility index (Phi) is 5.99. The number of pyridine rings is 1. The lowest BCUT2D eigenvalue weighted by molar-refractivity contribution is 0.0954. The average Bonchev–Trinajstić information content (AvgIpc) is 2.70. The maximum Gasteiger partial charge on any atom is 0.251 e. The van der Waals surface area contributed by atoms with Crippen LogP contribution in [0.1, 0.15) is 22.8 Å². The molecule has 0 aliphatic rings. The summed E-state index contributed by atoms with van der Waals surface area (Å²) in [5, 5.41) is 2.99. The lowest BCUT2D eigenvalue weighted by Gasteiger charge is -2.22. The predicted molar refractivity (Wildman–Crippen MR) is 106 cm³/mol. The fraction of sp³-hybridized carbons (Fsp3) is 0.182. The van der Waals surface area contributed by atoms with Crippen molar-refractivity contribution >= 4 is 17.4 Å². The molecular formula is C22H23N3O. The first-order valence-corrected chi connectivity index (χ1v) is 8.88. The minimum absolute atomic E-state index is 0.0753. The van der Waals surface area contributed by atoms with E-state index in [-0.39, 0.29) is 5.91 Å². The SMILES string of the molecule is CCN(c1ccccc1)c1cc(C(=O)NCCc2ccccc2)ccn1. The van der Waals surface area contributed by atoms with Gasteiger partial charge >= 0.3 is 0 Å². The van der Waals surface area contributed by atoms with E-state index in [4.69, 9.17) is 0 Å². The summed E-state index contributed by atoms with van der Waals surface area (Å²) in [6, 6.07) is 23.8. The van der Waals surface area contributed by atoms with Crippen LogP contribution in [-0.2, 0) is 6.42 Å². The van der Waals surface area contributed by atoms with Gasteiger partial charge in [-0.15, -0.1) is 0 Å². The molecule has 0 saturated heterocycles. The van der Waals surface area contributed by atoms with Crippen LogP contribution in [0.15, 0.2) is 79.0 Å². The van der Waals surface area contributed by atoms with Crippen LogP contribution in [0.2, 0.25) is 0 Å². The highest BCUT2D eigenvalue weighted by molar-refractivity contribution is 5.95. The van der Waals surface area contributed by atoms with Crippen LogP contribution >= 0.6 is 0 Å². The third-order valence-electron chi connectivity index (χ3n) is 4.21. The number of aromatic nitrogens is 1. The van der Waals surface area contributed by atoms with Gasteiger partial charge < -0.3 is 10.2 Å². The summed E-state index contributed by atoms with van der Waals surface area (Å²) in [6.07, 6.45) is 2.50. The van der Waals surface area contributed by atoms with Gasteiger partial charge in [0.15, 0.2) is 0 Å². The summed E-state index contributed by atoms with van der Waals surface area (Å²) in [4.78, 5) is 19.0. The Morgan fingerprint density at radius 1 is 1.00 bits per heavy atom. The van der Waals surface area contributed by atoms with Gasteiger partial charge in [0.2, 0.25) is 0 Å². The van der Waals surface area contributed by atoms with Crippen molar-refractivity contribution in [1.82, 2.24) is 10.3 Å². The molecule has 1 heterocycles. The van der Waals surface area contributed by atoms with E-state index in [2.05, 4.69) is 34.3 Å². The predicted octanol–water partition coefficient (Wildman–Crippen LogP) is 4.21. The minimum Gasteiger partial charge on any atom is -0.352 e. The number of nitrogens with one attached hydrogen (secondary N) is 1. The van der Waals surface area contributed by atoms with Crippen LogP contribution in [0.25, 0.3) is 0 Å². The van der Waals surface area contributed by atoms with Crippen molar-refractivity contribution in [2.24, 2.45) is 0 Å². The molecule has 3 aromatic rings. The smallest absolute Gasteiger partial charge is 0.251 e. The Bertz CT molecular complexity index is 834. The van der Waals surface area contributed by atoms with Gasteiger partial charge in [0.05, 0.1) is 0 Å². The second-order valence-electron chi connectivity index (χ2n) is 5.97. The molecule has 132 valence electrons. The number of carbonyl (C=O) groups is 1. The van der Waals surface area contributed by atoms with Crippen molar-refractivity contribution in [3.05, 3.63) is 90.1 Å². The number of hydrogen-bond acceptors (Lipinski definition) is 3. The van der Waals surface area contributed by atoms with Crippen LogP contribution in [0.4, 0.5) is 11.5 Å². The molecule has 0 aliphatic carbocycles. The molecule has 0 atom stereocenters. The second kappa shape index (κ2) is 8.81. The fourth-order valence-electron chi connectivity index (χ4n) is 2.86. The highest BCUT2D eigenvalue weighted by atomic mass is 16.1. The molecule has 2 aromatic carbocycles. The van der Waals surface area contributed by atoms with Gasteiger partial charge in [0, 0.05) is 30.5 Å². The number of benzene rings is 2. The van der Waals surface area contributed by atoms with Crippen LogP contribution in [0, 0.1) is 0 Å².